The van der Waals surface area contributed by atoms with E-state index >= 15 is 0 Å². The van der Waals surface area contributed by atoms with Crippen LogP contribution in [0.1, 0.15) is 27.7 Å². The minimum absolute atomic E-state index is 0.0308. The molecular formula is C25H28N2O7. The molecule has 2 heterocycles. The number of ether oxygens (including phenoxy) is 4. The second-order valence-electron chi connectivity index (χ2n) is 8.20. The summed E-state index contributed by atoms with van der Waals surface area (Å²) in [7, 11) is 9.94. The second-order valence-corrected chi connectivity index (χ2v) is 8.20. The normalized spacial score (nSPS) is 15.1. The number of hydrogen-bond donors (Lipinski definition) is 0. The van der Waals surface area contributed by atoms with Crippen LogP contribution in [0.25, 0.3) is 11.0 Å². The van der Waals surface area contributed by atoms with Crippen molar-refractivity contribution in [3.05, 3.63) is 57.4 Å². The summed E-state index contributed by atoms with van der Waals surface area (Å²) < 4.78 is 27.8. The number of likely N-dealkylation sites (N-methyl/N-ethyl adjacent to an activating group) is 1. The van der Waals surface area contributed by atoms with E-state index in [4.69, 9.17) is 23.4 Å². The molecular weight excluding hydrogens is 440 g/mol. The van der Waals surface area contributed by atoms with Gasteiger partial charge in [0.15, 0.2) is 16.9 Å². The molecule has 0 radical (unpaired) electrons. The zero-order chi connectivity index (χ0) is 24.6. The van der Waals surface area contributed by atoms with Crippen molar-refractivity contribution in [1.82, 2.24) is 9.80 Å². The summed E-state index contributed by atoms with van der Waals surface area (Å²) in [5, 5.41) is 0.374. The van der Waals surface area contributed by atoms with E-state index < -0.39 is 6.04 Å². The molecule has 9 heteroatoms. The van der Waals surface area contributed by atoms with E-state index in [2.05, 4.69) is 0 Å². The molecule has 0 fully saturated rings. The standard InChI is InChI=1S/C25H28N2O7/c1-26(2)9-10-27-21(14-11-18(31-4)23(33-6)19(12-14)32-5)20-22(28)16-8-7-15(30-3)13-17(16)34-24(20)25(27)29/h7-8,11-13,21H,9-10H2,1-6H3/t21-/m0/s1. The number of amides is 1. The van der Waals surface area contributed by atoms with E-state index in [0.717, 1.165) is 0 Å². The fourth-order valence-corrected chi connectivity index (χ4v) is 4.27. The molecule has 9 nitrogen and oxygen atoms in total. The molecule has 0 unspecified atom stereocenters. The van der Waals surface area contributed by atoms with E-state index in [1.54, 1.807) is 35.2 Å². The molecule has 0 aliphatic carbocycles. The quantitative estimate of drug-likeness (QED) is 0.499. The molecule has 1 aliphatic rings. The lowest BCUT2D eigenvalue weighted by molar-refractivity contribution is 0.0716. The van der Waals surface area contributed by atoms with Crippen molar-refractivity contribution in [3.63, 3.8) is 0 Å². The largest absolute Gasteiger partial charge is 0.497 e. The van der Waals surface area contributed by atoms with E-state index in [0.29, 0.717) is 52.6 Å². The number of carbonyl (C=O) groups is 1. The third kappa shape index (κ3) is 3.81. The molecule has 0 N–H and O–H groups in total. The Morgan fingerprint density at radius 2 is 1.62 bits per heavy atom. The van der Waals surface area contributed by atoms with E-state index in [1.807, 2.05) is 19.0 Å². The van der Waals surface area contributed by atoms with Gasteiger partial charge in [-0.1, -0.05) is 0 Å². The first-order valence-electron chi connectivity index (χ1n) is 10.7. The van der Waals surface area contributed by atoms with Crippen LogP contribution in [0, 0.1) is 0 Å². The van der Waals surface area contributed by atoms with Crippen LogP contribution in [-0.2, 0) is 0 Å². The van der Waals surface area contributed by atoms with Crippen LogP contribution < -0.4 is 24.4 Å². The molecule has 0 saturated heterocycles. The summed E-state index contributed by atoms with van der Waals surface area (Å²) in [5.41, 5.74) is 0.976. The third-order valence-electron chi connectivity index (χ3n) is 5.97. The lowest BCUT2D eigenvalue weighted by atomic mass is 9.97. The Labute approximate surface area is 197 Å². The minimum Gasteiger partial charge on any atom is -0.497 e. The monoisotopic (exact) mass is 468 g/mol. The number of methoxy groups -OCH3 is 4. The first kappa shape index (κ1) is 23.4. The van der Waals surface area contributed by atoms with Gasteiger partial charge in [-0.05, 0) is 43.9 Å². The summed E-state index contributed by atoms with van der Waals surface area (Å²) in [5.74, 6) is 1.50. The predicted molar refractivity (Wildman–Crippen MR) is 127 cm³/mol. The molecule has 3 aromatic rings. The molecule has 34 heavy (non-hydrogen) atoms. The van der Waals surface area contributed by atoms with Crippen LogP contribution in [0.4, 0.5) is 0 Å². The zero-order valence-corrected chi connectivity index (χ0v) is 20.1. The van der Waals surface area contributed by atoms with Gasteiger partial charge in [0, 0.05) is 19.2 Å². The van der Waals surface area contributed by atoms with Crippen LogP contribution in [-0.4, -0.2) is 71.3 Å². The van der Waals surface area contributed by atoms with Crippen molar-refractivity contribution in [1.29, 1.82) is 0 Å². The summed E-state index contributed by atoms with van der Waals surface area (Å²) in [6.45, 7) is 0.985. The number of rotatable bonds is 8. The fourth-order valence-electron chi connectivity index (χ4n) is 4.27. The Morgan fingerprint density at radius 3 is 2.18 bits per heavy atom. The van der Waals surface area contributed by atoms with Crippen LogP contribution in [0.5, 0.6) is 23.0 Å². The van der Waals surface area contributed by atoms with Gasteiger partial charge in [0.05, 0.1) is 45.4 Å². The SMILES string of the molecule is COc1ccc2c(=O)c3c(oc2c1)C(=O)N(CCN(C)C)[C@H]3c1cc(OC)c(OC)c(OC)c1. The summed E-state index contributed by atoms with van der Waals surface area (Å²) in [6.07, 6.45) is 0. The van der Waals surface area contributed by atoms with Crippen molar-refractivity contribution in [2.45, 2.75) is 6.04 Å². The van der Waals surface area contributed by atoms with Gasteiger partial charge >= 0.3 is 0 Å². The van der Waals surface area contributed by atoms with Crippen molar-refractivity contribution in [2.75, 3.05) is 55.6 Å². The highest BCUT2D eigenvalue weighted by atomic mass is 16.5. The number of benzene rings is 2. The number of hydrogen-bond acceptors (Lipinski definition) is 8. The summed E-state index contributed by atoms with van der Waals surface area (Å²) in [4.78, 5) is 30.8. The van der Waals surface area contributed by atoms with Gasteiger partial charge in [-0.15, -0.1) is 0 Å². The first-order chi connectivity index (χ1) is 16.3. The Hall–Kier alpha value is -3.72. The lowest BCUT2D eigenvalue weighted by Gasteiger charge is -2.27. The predicted octanol–water partition coefficient (Wildman–Crippen LogP) is 2.93. The van der Waals surface area contributed by atoms with Crippen LogP contribution in [0.3, 0.4) is 0 Å². The van der Waals surface area contributed by atoms with Crippen molar-refractivity contribution in [2.24, 2.45) is 0 Å². The lowest BCUT2D eigenvalue weighted by Crippen LogP contribution is -2.35. The smallest absolute Gasteiger partial charge is 0.290 e. The number of nitrogens with zero attached hydrogens (tertiary/aromatic N) is 2. The molecule has 1 aromatic heterocycles. The topological polar surface area (TPSA) is 90.7 Å². The van der Waals surface area contributed by atoms with Gasteiger partial charge in [0.2, 0.25) is 11.5 Å². The Bertz CT molecular complexity index is 1270. The maximum absolute atomic E-state index is 13.7. The third-order valence-corrected chi connectivity index (χ3v) is 5.97. The van der Waals surface area contributed by atoms with Gasteiger partial charge in [0.25, 0.3) is 5.91 Å². The number of fused-ring (bicyclic) bond motifs is 2. The Morgan fingerprint density at radius 1 is 0.941 bits per heavy atom. The van der Waals surface area contributed by atoms with Gasteiger partial charge < -0.3 is 33.2 Å². The van der Waals surface area contributed by atoms with Crippen LogP contribution in [0.2, 0.25) is 0 Å². The minimum atomic E-state index is -0.682. The van der Waals surface area contributed by atoms with Crippen molar-refractivity contribution in [3.8, 4) is 23.0 Å². The second kappa shape index (κ2) is 9.26. The number of carbonyl (C=O) groups excluding carboxylic acids is 1. The van der Waals surface area contributed by atoms with E-state index in [1.165, 1.54) is 28.4 Å². The molecule has 180 valence electrons. The molecule has 2 aromatic carbocycles. The molecule has 0 bridgehead atoms. The van der Waals surface area contributed by atoms with Gasteiger partial charge in [-0.2, -0.15) is 0 Å². The average molecular weight is 469 g/mol. The highest BCUT2D eigenvalue weighted by molar-refractivity contribution is 5.99. The Balaban J connectivity index is 1.98. The van der Waals surface area contributed by atoms with Gasteiger partial charge in [-0.3, -0.25) is 9.59 Å². The fraction of sp³-hybridized carbons (Fsp3) is 0.360. The van der Waals surface area contributed by atoms with Gasteiger partial charge in [-0.25, -0.2) is 0 Å². The zero-order valence-electron chi connectivity index (χ0n) is 20.1. The van der Waals surface area contributed by atoms with Crippen molar-refractivity contribution < 1.29 is 28.2 Å². The first-order valence-corrected chi connectivity index (χ1v) is 10.7. The van der Waals surface area contributed by atoms with E-state index in [9.17, 15) is 9.59 Å². The maximum Gasteiger partial charge on any atom is 0.290 e. The van der Waals surface area contributed by atoms with Crippen molar-refractivity contribution >= 4 is 16.9 Å². The molecule has 1 atom stereocenters. The van der Waals surface area contributed by atoms with Crippen LogP contribution >= 0.6 is 0 Å². The highest BCUT2D eigenvalue weighted by Gasteiger charge is 2.43. The van der Waals surface area contributed by atoms with E-state index in [-0.39, 0.29) is 22.7 Å². The molecule has 4 rings (SSSR count). The maximum atomic E-state index is 13.7. The Kier molecular flexibility index (Phi) is 6.39. The molecule has 0 saturated carbocycles. The van der Waals surface area contributed by atoms with Crippen LogP contribution in [0.15, 0.2) is 39.5 Å². The molecule has 1 amide bonds. The average Bonchev–Trinajstić information content (AvgIpc) is 3.12. The highest BCUT2D eigenvalue weighted by Crippen LogP contribution is 2.45. The molecule has 0 spiro atoms. The molecule has 1 aliphatic heterocycles. The summed E-state index contributed by atoms with van der Waals surface area (Å²) in [6, 6.07) is 7.80. The van der Waals surface area contributed by atoms with Gasteiger partial charge in [0.1, 0.15) is 11.3 Å². The summed E-state index contributed by atoms with van der Waals surface area (Å²) >= 11 is 0.